The van der Waals surface area contributed by atoms with Crippen LogP contribution in [0.4, 0.5) is 4.79 Å². The Kier molecular flexibility index (Phi) is 11.2. The maximum Gasteiger partial charge on any atom is 0.334 e. The van der Waals surface area contributed by atoms with Crippen molar-refractivity contribution >= 4 is 30.9 Å². The minimum Gasteiger partial charge on any atom is -0.480 e. The van der Waals surface area contributed by atoms with Crippen molar-refractivity contribution in [3.05, 3.63) is 87.9 Å². The topological polar surface area (TPSA) is 118 Å². The zero-order valence-corrected chi connectivity index (χ0v) is 24.4. The van der Waals surface area contributed by atoms with Crippen LogP contribution < -0.4 is 5.32 Å². The highest BCUT2D eigenvalue weighted by molar-refractivity contribution is 7.54. The maximum absolute atomic E-state index is 14.0. The summed E-state index contributed by atoms with van der Waals surface area (Å²) in [5, 5.41) is 14.5. The zero-order valence-electron chi connectivity index (χ0n) is 22.6. The smallest absolute Gasteiger partial charge is 0.334 e. The van der Waals surface area contributed by atoms with E-state index in [0.717, 1.165) is 16.1 Å². The fourth-order valence-corrected chi connectivity index (χ4v) is 6.40. The number of carboxylic acids is 1. The van der Waals surface area contributed by atoms with Gasteiger partial charge in [0.1, 0.15) is 6.04 Å². The minimum absolute atomic E-state index is 0.161. The molecule has 39 heavy (non-hydrogen) atoms. The highest BCUT2D eigenvalue weighted by Gasteiger charge is 2.34. The van der Waals surface area contributed by atoms with Gasteiger partial charge in [-0.1, -0.05) is 81.4 Å². The van der Waals surface area contributed by atoms with E-state index in [9.17, 15) is 19.3 Å². The summed E-state index contributed by atoms with van der Waals surface area (Å²) in [7, 11) is -1.96. The van der Waals surface area contributed by atoms with Crippen LogP contribution in [0.25, 0.3) is 0 Å². The summed E-state index contributed by atoms with van der Waals surface area (Å²) < 4.78 is 25.9. The number of thiazole rings is 1. The Labute approximate surface area is 233 Å². The molecule has 3 rings (SSSR count). The van der Waals surface area contributed by atoms with E-state index in [-0.39, 0.29) is 25.7 Å². The number of hydrogen-bond acceptors (Lipinski definition) is 7. The predicted molar refractivity (Wildman–Crippen MR) is 152 cm³/mol. The van der Waals surface area contributed by atoms with E-state index in [1.165, 1.54) is 16.2 Å². The van der Waals surface area contributed by atoms with Crippen molar-refractivity contribution in [2.24, 2.45) is 5.92 Å². The summed E-state index contributed by atoms with van der Waals surface area (Å²) in [6, 6.07) is 17.6. The van der Waals surface area contributed by atoms with Crippen LogP contribution in [0.3, 0.4) is 0 Å². The summed E-state index contributed by atoms with van der Waals surface area (Å²) >= 11 is 1.40. The van der Waals surface area contributed by atoms with Gasteiger partial charge in [0.25, 0.3) is 0 Å². The first-order valence-corrected chi connectivity index (χ1v) is 15.2. The lowest BCUT2D eigenvalue weighted by Crippen LogP contribution is -2.48. The third kappa shape index (κ3) is 9.28. The van der Waals surface area contributed by atoms with Crippen LogP contribution in [-0.4, -0.2) is 45.7 Å². The number of nitrogens with zero attached hydrogens (tertiary/aromatic N) is 2. The molecule has 0 spiro atoms. The molecule has 1 aromatic heterocycles. The Morgan fingerprint density at radius 1 is 1.00 bits per heavy atom. The molecule has 2 unspecified atom stereocenters. The first kappa shape index (κ1) is 30.5. The molecule has 0 radical (unpaired) electrons. The van der Waals surface area contributed by atoms with Gasteiger partial charge in [0, 0.05) is 18.8 Å². The summed E-state index contributed by atoms with van der Waals surface area (Å²) in [6.45, 7) is 5.82. The SMILES string of the molecule is CC(C)C(NC(=O)N(C)Cc1csc(CC(C)P(=O)(OCc2ccccc2)OCc2ccccc2)n1)C(=O)O. The van der Waals surface area contributed by atoms with Crippen molar-refractivity contribution in [2.75, 3.05) is 7.05 Å². The third-order valence-electron chi connectivity index (χ3n) is 6.07. The van der Waals surface area contributed by atoms with E-state index in [1.807, 2.05) is 73.0 Å². The molecule has 0 saturated carbocycles. The molecule has 0 aliphatic carbocycles. The molecule has 0 aliphatic heterocycles. The normalized spacial score (nSPS) is 13.2. The van der Waals surface area contributed by atoms with Gasteiger partial charge in [-0.3, -0.25) is 4.57 Å². The molecule has 2 N–H and O–H groups in total. The first-order valence-electron chi connectivity index (χ1n) is 12.7. The number of hydrogen-bond donors (Lipinski definition) is 2. The Morgan fingerprint density at radius 3 is 2.03 bits per heavy atom. The van der Waals surface area contributed by atoms with Gasteiger partial charge in [-0.25, -0.2) is 14.6 Å². The fraction of sp³-hybridized carbons (Fsp3) is 0.393. The van der Waals surface area contributed by atoms with E-state index >= 15 is 0 Å². The second kappa shape index (κ2) is 14.4. The molecule has 2 aromatic carbocycles. The highest BCUT2D eigenvalue weighted by Crippen LogP contribution is 2.55. The third-order valence-corrected chi connectivity index (χ3v) is 9.23. The van der Waals surface area contributed by atoms with Crippen LogP contribution in [0.1, 0.15) is 42.6 Å². The van der Waals surface area contributed by atoms with Crippen molar-refractivity contribution < 1.29 is 28.3 Å². The molecule has 11 heteroatoms. The molecule has 3 aromatic rings. The molecular weight excluding hydrogens is 537 g/mol. The summed E-state index contributed by atoms with van der Waals surface area (Å²) in [4.78, 5) is 29.9. The van der Waals surface area contributed by atoms with E-state index in [4.69, 9.17) is 9.05 Å². The number of urea groups is 1. The quantitative estimate of drug-likeness (QED) is 0.229. The average Bonchev–Trinajstić information content (AvgIpc) is 3.36. The lowest BCUT2D eigenvalue weighted by molar-refractivity contribution is -0.140. The highest BCUT2D eigenvalue weighted by atomic mass is 32.1. The molecule has 0 aliphatic rings. The number of carboxylic acid groups (broad SMARTS) is 1. The Bertz CT molecular complexity index is 1210. The van der Waals surface area contributed by atoms with E-state index in [2.05, 4.69) is 10.3 Å². The van der Waals surface area contributed by atoms with Crippen LogP contribution in [0.15, 0.2) is 66.0 Å². The van der Waals surface area contributed by atoms with Crippen molar-refractivity contribution in [2.45, 2.75) is 58.7 Å². The maximum atomic E-state index is 14.0. The monoisotopic (exact) mass is 573 g/mol. The number of aromatic nitrogens is 1. The van der Waals surface area contributed by atoms with Crippen LogP contribution in [0.5, 0.6) is 0 Å². The van der Waals surface area contributed by atoms with Gasteiger partial charge in [0.15, 0.2) is 0 Å². The second-order valence-electron chi connectivity index (χ2n) is 9.71. The Hall–Kier alpha value is -3.04. The standard InChI is InChI=1S/C28H36N3O6PS/c1-20(2)26(27(32)33)30-28(34)31(4)16-24-19-39-25(29-24)15-21(3)38(35,36-17-22-11-7-5-8-12-22)37-18-23-13-9-6-10-14-23/h5-14,19-21,26H,15-18H2,1-4H3,(H,30,34)(H,32,33). The van der Waals surface area contributed by atoms with Crippen LogP contribution >= 0.6 is 18.9 Å². The fourth-order valence-electron chi connectivity index (χ4n) is 3.72. The van der Waals surface area contributed by atoms with Gasteiger partial charge < -0.3 is 24.4 Å². The Balaban J connectivity index is 1.65. The average molecular weight is 574 g/mol. The minimum atomic E-state index is -3.54. The number of carbonyl (C=O) groups is 2. The summed E-state index contributed by atoms with van der Waals surface area (Å²) in [5.74, 6) is -1.33. The second-order valence-corrected chi connectivity index (χ2v) is 13.1. The predicted octanol–water partition coefficient (Wildman–Crippen LogP) is 5.95. The molecule has 2 amide bonds. The van der Waals surface area contributed by atoms with Gasteiger partial charge in [-0.05, 0) is 17.0 Å². The van der Waals surface area contributed by atoms with Crippen LogP contribution in [-0.2, 0) is 44.6 Å². The number of aliphatic carboxylic acids is 1. The number of rotatable bonds is 14. The number of amides is 2. The summed E-state index contributed by atoms with van der Waals surface area (Å²) in [5.41, 5.74) is 1.98. The largest absolute Gasteiger partial charge is 0.480 e. The van der Waals surface area contributed by atoms with Gasteiger partial charge in [-0.15, -0.1) is 11.3 Å². The molecule has 2 atom stereocenters. The molecule has 210 valence electrons. The van der Waals surface area contributed by atoms with E-state index < -0.39 is 31.3 Å². The first-order chi connectivity index (χ1) is 18.6. The van der Waals surface area contributed by atoms with Crippen molar-refractivity contribution in [1.82, 2.24) is 15.2 Å². The van der Waals surface area contributed by atoms with E-state index in [1.54, 1.807) is 20.9 Å². The molecule has 1 heterocycles. The molecule has 0 bridgehead atoms. The number of carbonyl (C=O) groups excluding carboxylic acids is 1. The molecule has 0 fully saturated rings. The lowest BCUT2D eigenvalue weighted by atomic mass is 10.1. The van der Waals surface area contributed by atoms with Gasteiger partial charge in [0.2, 0.25) is 0 Å². The molecule has 9 nitrogen and oxygen atoms in total. The van der Waals surface area contributed by atoms with Crippen molar-refractivity contribution in [3.8, 4) is 0 Å². The van der Waals surface area contributed by atoms with Crippen LogP contribution in [0.2, 0.25) is 0 Å². The summed E-state index contributed by atoms with van der Waals surface area (Å²) in [6.07, 6.45) is 0.371. The molecular formula is C28H36N3O6PS. The zero-order chi connectivity index (χ0) is 28.4. The Morgan fingerprint density at radius 2 is 1.54 bits per heavy atom. The lowest BCUT2D eigenvalue weighted by Gasteiger charge is -2.24. The van der Waals surface area contributed by atoms with Crippen LogP contribution in [0, 0.1) is 5.92 Å². The van der Waals surface area contributed by atoms with Crippen molar-refractivity contribution in [1.29, 1.82) is 0 Å². The van der Waals surface area contributed by atoms with Crippen molar-refractivity contribution in [3.63, 3.8) is 0 Å². The number of benzene rings is 2. The van der Waals surface area contributed by atoms with E-state index in [0.29, 0.717) is 12.1 Å². The van der Waals surface area contributed by atoms with Gasteiger partial charge in [-0.2, -0.15) is 0 Å². The molecule has 0 saturated heterocycles. The van der Waals surface area contributed by atoms with Gasteiger partial charge in [0.05, 0.1) is 36.1 Å². The van der Waals surface area contributed by atoms with Gasteiger partial charge >= 0.3 is 19.6 Å². The number of nitrogens with one attached hydrogen (secondary N) is 1.